The number of aromatic nitrogens is 1. The first-order chi connectivity index (χ1) is 13.2. The Morgan fingerprint density at radius 1 is 1.26 bits per heavy atom. The number of anilines is 1. The summed E-state index contributed by atoms with van der Waals surface area (Å²) in [7, 11) is 0. The van der Waals surface area contributed by atoms with E-state index in [4.69, 9.17) is 9.15 Å². The standard InChI is InChI=1S/C21H20N2O4/c1-2-18(20(24)23-11-5-7-14-6-3-4-8-17(14)23)27-21(25)15-9-10-19-16(12-15)22-13-26-19/h3-4,6,8-10,12-13,18H,2,5,7,11H2,1H3. The summed E-state index contributed by atoms with van der Waals surface area (Å²) in [6.07, 6.45) is 2.77. The second-order valence-corrected chi connectivity index (χ2v) is 6.56. The van der Waals surface area contributed by atoms with E-state index in [1.165, 1.54) is 6.39 Å². The monoisotopic (exact) mass is 364 g/mol. The Balaban J connectivity index is 1.53. The zero-order chi connectivity index (χ0) is 18.8. The molecule has 0 N–H and O–H groups in total. The molecule has 27 heavy (non-hydrogen) atoms. The molecule has 2 heterocycles. The molecular weight excluding hydrogens is 344 g/mol. The summed E-state index contributed by atoms with van der Waals surface area (Å²) in [4.78, 5) is 31.4. The number of para-hydroxylation sites is 1. The van der Waals surface area contributed by atoms with Crippen LogP contribution in [0.2, 0.25) is 0 Å². The summed E-state index contributed by atoms with van der Waals surface area (Å²) in [5, 5.41) is 0. The Labute approximate surface area is 156 Å². The van der Waals surface area contributed by atoms with Gasteiger partial charge in [0.1, 0.15) is 5.52 Å². The van der Waals surface area contributed by atoms with Gasteiger partial charge in [-0.05, 0) is 49.1 Å². The van der Waals surface area contributed by atoms with Crippen LogP contribution in [0.25, 0.3) is 11.1 Å². The number of aryl methyl sites for hydroxylation is 1. The summed E-state index contributed by atoms with van der Waals surface area (Å²) in [6.45, 7) is 2.47. The molecule has 1 aliphatic rings. The number of amides is 1. The van der Waals surface area contributed by atoms with Crippen LogP contribution in [0.4, 0.5) is 5.69 Å². The minimum atomic E-state index is -0.823. The lowest BCUT2D eigenvalue weighted by atomic mass is 10.0. The lowest BCUT2D eigenvalue weighted by molar-refractivity contribution is -0.127. The maximum Gasteiger partial charge on any atom is 0.338 e. The van der Waals surface area contributed by atoms with Crippen LogP contribution < -0.4 is 4.90 Å². The van der Waals surface area contributed by atoms with Crippen molar-refractivity contribution in [2.45, 2.75) is 32.3 Å². The first-order valence-electron chi connectivity index (χ1n) is 9.11. The average Bonchev–Trinajstić information content (AvgIpc) is 3.18. The number of nitrogens with zero attached hydrogens (tertiary/aromatic N) is 2. The van der Waals surface area contributed by atoms with E-state index in [2.05, 4.69) is 4.98 Å². The summed E-state index contributed by atoms with van der Waals surface area (Å²) < 4.78 is 10.7. The van der Waals surface area contributed by atoms with Crippen molar-refractivity contribution in [3.05, 3.63) is 60.0 Å². The third-order valence-electron chi connectivity index (χ3n) is 4.84. The molecule has 1 amide bonds. The van der Waals surface area contributed by atoms with Crippen molar-refractivity contribution in [2.75, 3.05) is 11.4 Å². The normalized spacial score (nSPS) is 14.6. The number of esters is 1. The van der Waals surface area contributed by atoms with Crippen molar-refractivity contribution in [3.8, 4) is 0 Å². The summed E-state index contributed by atoms with van der Waals surface area (Å²) >= 11 is 0. The van der Waals surface area contributed by atoms with Gasteiger partial charge in [0.25, 0.3) is 5.91 Å². The molecule has 1 atom stereocenters. The fourth-order valence-corrected chi connectivity index (χ4v) is 3.43. The molecule has 6 heteroatoms. The van der Waals surface area contributed by atoms with Crippen LogP contribution in [0, 0.1) is 0 Å². The Hall–Kier alpha value is -3.15. The van der Waals surface area contributed by atoms with E-state index in [1.807, 2.05) is 31.2 Å². The number of oxazole rings is 1. The number of fused-ring (bicyclic) bond motifs is 2. The highest BCUT2D eigenvalue weighted by molar-refractivity contribution is 6.00. The van der Waals surface area contributed by atoms with Crippen LogP contribution in [0.1, 0.15) is 35.7 Å². The van der Waals surface area contributed by atoms with Gasteiger partial charge < -0.3 is 14.1 Å². The fourth-order valence-electron chi connectivity index (χ4n) is 3.43. The lowest BCUT2D eigenvalue weighted by Gasteiger charge is -2.31. The van der Waals surface area contributed by atoms with E-state index in [1.54, 1.807) is 23.1 Å². The Morgan fingerprint density at radius 2 is 2.11 bits per heavy atom. The number of carbonyl (C=O) groups is 2. The van der Waals surface area contributed by atoms with Crippen LogP contribution in [0.3, 0.4) is 0 Å². The van der Waals surface area contributed by atoms with Crippen molar-refractivity contribution >= 4 is 28.7 Å². The van der Waals surface area contributed by atoms with Crippen molar-refractivity contribution in [3.63, 3.8) is 0 Å². The van der Waals surface area contributed by atoms with E-state index >= 15 is 0 Å². The van der Waals surface area contributed by atoms with E-state index < -0.39 is 12.1 Å². The Kier molecular flexibility index (Phi) is 4.62. The van der Waals surface area contributed by atoms with Gasteiger partial charge in [-0.2, -0.15) is 0 Å². The van der Waals surface area contributed by atoms with Gasteiger partial charge in [-0.15, -0.1) is 0 Å². The van der Waals surface area contributed by atoms with E-state index in [-0.39, 0.29) is 5.91 Å². The number of hydrogen-bond acceptors (Lipinski definition) is 5. The molecule has 4 rings (SSSR count). The number of carbonyl (C=O) groups excluding carboxylic acids is 2. The number of rotatable bonds is 4. The van der Waals surface area contributed by atoms with Gasteiger partial charge in [-0.3, -0.25) is 4.79 Å². The second kappa shape index (κ2) is 7.23. The van der Waals surface area contributed by atoms with Gasteiger partial charge in [0.15, 0.2) is 18.1 Å². The molecule has 0 saturated heterocycles. The van der Waals surface area contributed by atoms with Crippen LogP contribution in [-0.2, 0) is 16.0 Å². The second-order valence-electron chi connectivity index (χ2n) is 6.56. The third kappa shape index (κ3) is 3.30. The first-order valence-corrected chi connectivity index (χ1v) is 9.11. The van der Waals surface area contributed by atoms with Gasteiger partial charge in [0.05, 0.1) is 5.56 Å². The zero-order valence-electron chi connectivity index (χ0n) is 15.1. The molecule has 2 aromatic carbocycles. The molecule has 0 fully saturated rings. The largest absolute Gasteiger partial charge is 0.449 e. The molecule has 1 unspecified atom stereocenters. The molecule has 1 aliphatic heterocycles. The van der Waals surface area contributed by atoms with E-state index in [9.17, 15) is 9.59 Å². The molecule has 0 aliphatic carbocycles. The lowest BCUT2D eigenvalue weighted by Crippen LogP contribution is -2.43. The number of benzene rings is 2. The van der Waals surface area contributed by atoms with Gasteiger partial charge in [-0.1, -0.05) is 25.1 Å². The topological polar surface area (TPSA) is 72.6 Å². The van der Waals surface area contributed by atoms with Crippen molar-refractivity contribution < 1.29 is 18.7 Å². The highest BCUT2D eigenvalue weighted by atomic mass is 16.5. The predicted octanol–water partition coefficient (Wildman–Crippen LogP) is 3.74. The molecule has 0 saturated carbocycles. The SMILES string of the molecule is CCC(OC(=O)c1ccc2ocnc2c1)C(=O)N1CCCc2ccccc21. The van der Waals surface area contributed by atoms with Gasteiger partial charge in [0.2, 0.25) is 0 Å². The van der Waals surface area contributed by atoms with Crippen LogP contribution in [-0.4, -0.2) is 29.5 Å². The minimum absolute atomic E-state index is 0.180. The Bertz CT molecular complexity index is 995. The zero-order valence-corrected chi connectivity index (χ0v) is 15.1. The number of ether oxygens (including phenoxy) is 1. The highest BCUT2D eigenvalue weighted by Crippen LogP contribution is 2.28. The summed E-state index contributed by atoms with van der Waals surface area (Å²) in [5.74, 6) is -0.717. The van der Waals surface area contributed by atoms with Crippen molar-refractivity contribution in [1.29, 1.82) is 0 Å². The predicted molar refractivity (Wildman–Crippen MR) is 101 cm³/mol. The molecule has 0 radical (unpaired) electrons. The molecule has 0 bridgehead atoms. The average molecular weight is 364 g/mol. The third-order valence-corrected chi connectivity index (χ3v) is 4.84. The van der Waals surface area contributed by atoms with Crippen LogP contribution >= 0.6 is 0 Å². The maximum atomic E-state index is 13.1. The van der Waals surface area contributed by atoms with Crippen molar-refractivity contribution in [1.82, 2.24) is 4.98 Å². The van der Waals surface area contributed by atoms with Crippen molar-refractivity contribution in [2.24, 2.45) is 0 Å². The van der Waals surface area contributed by atoms with Gasteiger partial charge >= 0.3 is 5.97 Å². The van der Waals surface area contributed by atoms with Crippen LogP contribution in [0.15, 0.2) is 53.3 Å². The summed E-state index contributed by atoms with van der Waals surface area (Å²) in [6, 6.07) is 12.8. The van der Waals surface area contributed by atoms with Gasteiger partial charge in [-0.25, -0.2) is 9.78 Å². The fraction of sp³-hybridized carbons (Fsp3) is 0.286. The molecule has 6 nitrogen and oxygen atoms in total. The minimum Gasteiger partial charge on any atom is -0.449 e. The molecule has 0 spiro atoms. The smallest absolute Gasteiger partial charge is 0.338 e. The maximum absolute atomic E-state index is 13.1. The molecular formula is C21H20N2O4. The van der Waals surface area contributed by atoms with Crippen LogP contribution in [0.5, 0.6) is 0 Å². The Morgan fingerprint density at radius 3 is 2.96 bits per heavy atom. The molecule has 138 valence electrons. The quantitative estimate of drug-likeness (QED) is 0.660. The van der Waals surface area contributed by atoms with E-state index in [0.29, 0.717) is 29.6 Å². The first kappa shape index (κ1) is 17.3. The highest BCUT2D eigenvalue weighted by Gasteiger charge is 2.30. The van der Waals surface area contributed by atoms with E-state index in [0.717, 1.165) is 24.1 Å². The van der Waals surface area contributed by atoms with Gasteiger partial charge in [0, 0.05) is 12.2 Å². The summed E-state index contributed by atoms with van der Waals surface area (Å²) in [5.41, 5.74) is 3.58. The molecule has 1 aromatic heterocycles. The number of hydrogen-bond donors (Lipinski definition) is 0. The molecule has 3 aromatic rings.